The molecule has 0 rings (SSSR count). The van der Waals surface area contributed by atoms with Crippen LogP contribution in [0.5, 0.6) is 0 Å². The Kier molecular flexibility index (Phi) is 13.6. The Hall–Kier alpha value is -0.290. The number of aliphatic hydroxyl groups excluding tert-OH is 4. The Morgan fingerprint density at radius 1 is 0.765 bits per heavy atom. The SMILES string of the molecule is O=S(=O)(O)CCO.OCCN(CCO)CCO. The molecule has 0 atom stereocenters. The quantitative estimate of drug-likeness (QED) is 0.298. The monoisotopic (exact) mass is 275 g/mol. The number of nitrogens with zero attached hydrogens (tertiary/aromatic N) is 1. The van der Waals surface area contributed by atoms with Gasteiger partial charge in [0.1, 0.15) is 0 Å². The van der Waals surface area contributed by atoms with Crippen molar-refractivity contribution in [1.29, 1.82) is 0 Å². The van der Waals surface area contributed by atoms with Crippen LogP contribution in [0.4, 0.5) is 0 Å². The molecule has 0 heterocycles. The Bertz CT molecular complexity index is 230. The van der Waals surface area contributed by atoms with Crippen molar-refractivity contribution in [3.63, 3.8) is 0 Å². The van der Waals surface area contributed by atoms with Gasteiger partial charge >= 0.3 is 0 Å². The Labute approximate surface area is 101 Å². The van der Waals surface area contributed by atoms with E-state index >= 15 is 0 Å². The standard InChI is InChI=1S/C6H15NO3.C2H6O4S/c8-4-1-7(2-5-9)3-6-10;3-1-2-7(4,5)6/h8-10H,1-6H2;3H,1-2H2,(H,4,5,6). The summed E-state index contributed by atoms with van der Waals surface area (Å²) in [6.07, 6.45) is 0. The van der Waals surface area contributed by atoms with Crippen molar-refractivity contribution in [2.75, 3.05) is 51.8 Å². The van der Waals surface area contributed by atoms with Crippen molar-refractivity contribution in [3.05, 3.63) is 0 Å². The lowest BCUT2D eigenvalue weighted by atomic mass is 10.4. The third kappa shape index (κ3) is 18.3. The lowest BCUT2D eigenvalue weighted by Gasteiger charge is -2.17. The van der Waals surface area contributed by atoms with Crippen LogP contribution in [0.3, 0.4) is 0 Å². The largest absolute Gasteiger partial charge is 0.395 e. The number of aliphatic hydroxyl groups is 4. The Balaban J connectivity index is 0. The Morgan fingerprint density at radius 2 is 1.12 bits per heavy atom. The number of hydrogen-bond donors (Lipinski definition) is 5. The van der Waals surface area contributed by atoms with Crippen molar-refractivity contribution in [2.45, 2.75) is 0 Å². The van der Waals surface area contributed by atoms with Crippen LogP contribution in [-0.2, 0) is 10.1 Å². The summed E-state index contributed by atoms with van der Waals surface area (Å²) >= 11 is 0. The molecule has 9 heteroatoms. The van der Waals surface area contributed by atoms with E-state index in [-0.39, 0.29) is 19.8 Å². The maximum absolute atomic E-state index is 9.63. The van der Waals surface area contributed by atoms with E-state index in [1.54, 1.807) is 4.90 Å². The van der Waals surface area contributed by atoms with Gasteiger partial charge < -0.3 is 20.4 Å². The predicted molar refractivity (Wildman–Crippen MR) is 61.2 cm³/mol. The molecule has 0 bridgehead atoms. The fourth-order valence-electron chi connectivity index (χ4n) is 0.875. The highest BCUT2D eigenvalue weighted by Gasteiger charge is 2.00. The molecule has 0 saturated carbocycles. The summed E-state index contributed by atoms with van der Waals surface area (Å²) in [5.41, 5.74) is 0. The zero-order valence-electron chi connectivity index (χ0n) is 9.56. The van der Waals surface area contributed by atoms with Gasteiger partial charge in [-0.25, -0.2) is 0 Å². The molecule has 0 radical (unpaired) electrons. The summed E-state index contributed by atoms with van der Waals surface area (Å²) in [5, 5.41) is 33.3. The molecule has 0 aliphatic rings. The minimum atomic E-state index is -3.92. The van der Waals surface area contributed by atoms with E-state index in [2.05, 4.69) is 0 Å². The molecule has 5 N–H and O–H groups in total. The van der Waals surface area contributed by atoms with Gasteiger partial charge in [0.15, 0.2) is 0 Å². The molecular weight excluding hydrogens is 254 g/mol. The average molecular weight is 275 g/mol. The summed E-state index contributed by atoms with van der Waals surface area (Å²) in [7, 11) is -3.92. The summed E-state index contributed by atoms with van der Waals surface area (Å²) in [6, 6.07) is 0. The highest BCUT2D eigenvalue weighted by molar-refractivity contribution is 7.85. The molecule has 0 aromatic carbocycles. The van der Waals surface area contributed by atoms with Crippen molar-refractivity contribution >= 4 is 10.1 Å². The molecule has 0 spiro atoms. The molecule has 0 unspecified atom stereocenters. The minimum absolute atomic E-state index is 0.0694. The fraction of sp³-hybridized carbons (Fsp3) is 1.00. The van der Waals surface area contributed by atoms with Gasteiger partial charge in [0.25, 0.3) is 10.1 Å². The number of rotatable bonds is 8. The van der Waals surface area contributed by atoms with E-state index < -0.39 is 22.5 Å². The summed E-state index contributed by atoms with van der Waals surface area (Å²) in [6.45, 7) is 1.22. The van der Waals surface area contributed by atoms with Gasteiger partial charge in [0.05, 0.1) is 32.2 Å². The second-order valence-electron chi connectivity index (χ2n) is 3.02. The normalized spacial score (nSPS) is 11.2. The summed E-state index contributed by atoms with van der Waals surface area (Å²) in [4.78, 5) is 1.79. The van der Waals surface area contributed by atoms with Gasteiger partial charge in [-0.05, 0) is 0 Å². The second-order valence-corrected chi connectivity index (χ2v) is 4.59. The number of hydrogen-bond acceptors (Lipinski definition) is 7. The van der Waals surface area contributed by atoms with Gasteiger partial charge in [-0.15, -0.1) is 0 Å². The van der Waals surface area contributed by atoms with Crippen LogP contribution < -0.4 is 0 Å². The van der Waals surface area contributed by atoms with Crippen LogP contribution in [0.1, 0.15) is 0 Å². The van der Waals surface area contributed by atoms with E-state index in [1.807, 2.05) is 0 Å². The first-order valence-corrected chi connectivity index (χ1v) is 6.63. The lowest BCUT2D eigenvalue weighted by Crippen LogP contribution is -2.32. The molecule has 0 amide bonds. The van der Waals surface area contributed by atoms with Gasteiger partial charge in [-0.1, -0.05) is 0 Å². The van der Waals surface area contributed by atoms with Crippen LogP contribution in [0, 0.1) is 0 Å². The minimum Gasteiger partial charge on any atom is -0.395 e. The van der Waals surface area contributed by atoms with Crippen molar-refractivity contribution in [1.82, 2.24) is 4.90 Å². The molecule has 0 saturated heterocycles. The summed E-state index contributed by atoms with van der Waals surface area (Å²) in [5.74, 6) is -0.576. The van der Waals surface area contributed by atoms with Crippen molar-refractivity contribution in [3.8, 4) is 0 Å². The zero-order chi connectivity index (χ0) is 13.7. The third-order valence-corrected chi connectivity index (χ3v) is 2.30. The smallest absolute Gasteiger partial charge is 0.267 e. The zero-order valence-corrected chi connectivity index (χ0v) is 10.4. The third-order valence-electron chi connectivity index (χ3n) is 1.60. The molecule has 0 fully saturated rings. The van der Waals surface area contributed by atoms with Crippen LogP contribution in [0.2, 0.25) is 0 Å². The second kappa shape index (κ2) is 12.2. The van der Waals surface area contributed by atoms with Crippen LogP contribution in [0.15, 0.2) is 0 Å². The predicted octanol–water partition coefficient (Wildman–Crippen LogP) is -2.87. The highest BCUT2D eigenvalue weighted by Crippen LogP contribution is 1.84. The van der Waals surface area contributed by atoms with E-state index in [9.17, 15) is 8.42 Å². The van der Waals surface area contributed by atoms with Gasteiger partial charge in [0, 0.05) is 19.6 Å². The van der Waals surface area contributed by atoms with Gasteiger partial charge in [0.2, 0.25) is 0 Å². The summed E-state index contributed by atoms with van der Waals surface area (Å²) < 4.78 is 27.1. The van der Waals surface area contributed by atoms with Crippen LogP contribution in [0.25, 0.3) is 0 Å². The molecule has 0 aromatic heterocycles. The molecule has 8 nitrogen and oxygen atoms in total. The van der Waals surface area contributed by atoms with Crippen LogP contribution >= 0.6 is 0 Å². The maximum atomic E-state index is 9.63. The Morgan fingerprint density at radius 3 is 1.24 bits per heavy atom. The molecule has 17 heavy (non-hydrogen) atoms. The topological polar surface area (TPSA) is 139 Å². The first-order chi connectivity index (χ1) is 7.91. The maximum Gasteiger partial charge on any atom is 0.267 e. The molecule has 0 aromatic rings. The molecule has 0 aliphatic heterocycles. The van der Waals surface area contributed by atoms with Crippen LogP contribution in [-0.4, -0.2) is 90.1 Å². The molecule has 106 valence electrons. The first kappa shape index (κ1) is 19.1. The highest BCUT2D eigenvalue weighted by atomic mass is 32.2. The van der Waals surface area contributed by atoms with Crippen molar-refractivity contribution < 1.29 is 33.4 Å². The van der Waals surface area contributed by atoms with Crippen molar-refractivity contribution in [2.24, 2.45) is 0 Å². The van der Waals surface area contributed by atoms with E-state index in [1.165, 1.54) is 0 Å². The van der Waals surface area contributed by atoms with Gasteiger partial charge in [-0.2, -0.15) is 8.42 Å². The van der Waals surface area contributed by atoms with E-state index in [0.29, 0.717) is 19.6 Å². The molecule has 0 aliphatic carbocycles. The van der Waals surface area contributed by atoms with Gasteiger partial charge in [-0.3, -0.25) is 9.45 Å². The van der Waals surface area contributed by atoms with E-state index in [4.69, 9.17) is 25.0 Å². The van der Waals surface area contributed by atoms with E-state index in [0.717, 1.165) is 0 Å². The first-order valence-electron chi connectivity index (χ1n) is 5.02. The fourth-order valence-corrected chi connectivity index (χ4v) is 1.11. The molecular formula is C8H21NO7S. The lowest BCUT2D eigenvalue weighted by molar-refractivity contribution is 0.136. The average Bonchev–Trinajstić information content (AvgIpc) is 2.18.